The second-order valence-electron chi connectivity index (χ2n) is 5.71. The van der Waals surface area contributed by atoms with Crippen LogP contribution in [0.1, 0.15) is 19.4 Å². The molecule has 1 saturated heterocycles. The van der Waals surface area contributed by atoms with Gasteiger partial charge in [-0.2, -0.15) is 0 Å². The minimum absolute atomic E-state index is 0.00818. The number of benzene rings is 1. The summed E-state index contributed by atoms with van der Waals surface area (Å²) in [5.74, 6) is 0.00818. The molecule has 1 aliphatic rings. The molecule has 126 valence electrons. The Bertz CT molecular complexity index is 522. The summed E-state index contributed by atoms with van der Waals surface area (Å²) in [5.41, 5.74) is 2.08. The zero-order chi connectivity index (χ0) is 16.7. The van der Waals surface area contributed by atoms with Gasteiger partial charge in [0.1, 0.15) is 0 Å². The maximum atomic E-state index is 12.1. The van der Waals surface area contributed by atoms with Crippen molar-refractivity contribution in [3.8, 4) is 0 Å². The summed E-state index contributed by atoms with van der Waals surface area (Å²) >= 11 is 0. The van der Waals surface area contributed by atoms with E-state index in [1.54, 1.807) is 11.8 Å². The number of ether oxygens (including phenoxy) is 1. The van der Waals surface area contributed by atoms with E-state index >= 15 is 0 Å². The monoisotopic (exact) mass is 320 g/mol. The van der Waals surface area contributed by atoms with Crippen molar-refractivity contribution in [2.24, 2.45) is 0 Å². The van der Waals surface area contributed by atoms with Crippen molar-refractivity contribution in [1.29, 1.82) is 0 Å². The lowest BCUT2D eigenvalue weighted by Crippen LogP contribution is -3.15. The molecule has 0 spiro atoms. The van der Waals surface area contributed by atoms with Crippen molar-refractivity contribution in [3.05, 3.63) is 29.8 Å². The van der Waals surface area contributed by atoms with Gasteiger partial charge >= 0.3 is 6.09 Å². The lowest BCUT2D eigenvalue weighted by Gasteiger charge is -2.31. The molecule has 0 aromatic heterocycles. The van der Waals surface area contributed by atoms with E-state index in [2.05, 4.69) is 12.2 Å². The van der Waals surface area contributed by atoms with Crippen molar-refractivity contribution in [2.45, 2.75) is 20.3 Å². The van der Waals surface area contributed by atoms with Gasteiger partial charge in [0.05, 0.1) is 32.8 Å². The number of hydrogen-bond donors (Lipinski definition) is 2. The molecule has 1 aliphatic heterocycles. The molecule has 0 unspecified atom stereocenters. The van der Waals surface area contributed by atoms with Gasteiger partial charge in [-0.1, -0.05) is 19.1 Å². The summed E-state index contributed by atoms with van der Waals surface area (Å²) in [5, 5.41) is 2.93. The molecular weight excluding hydrogens is 294 g/mol. The van der Waals surface area contributed by atoms with Gasteiger partial charge in [-0.05, 0) is 31.0 Å². The van der Waals surface area contributed by atoms with Crippen LogP contribution in [-0.4, -0.2) is 56.2 Å². The Morgan fingerprint density at radius 3 is 2.39 bits per heavy atom. The number of nitrogens with zero attached hydrogens (tertiary/aromatic N) is 1. The Labute approximate surface area is 137 Å². The Hall–Kier alpha value is -2.08. The Balaban J connectivity index is 1.75. The predicted molar refractivity (Wildman–Crippen MR) is 88.6 cm³/mol. The van der Waals surface area contributed by atoms with Crippen LogP contribution in [0.5, 0.6) is 0 Å². The maximum absolute atomic E-state index is 12.1. The second kappa shape index (κ2) is 8.53. The zero-order valence-corrected chi connectivity index (χ0v) is 13.9. The fraction of sp³-hybridized carbons (Fsp3) is 0.529. The molecule has 1 fully saturated rings. The number of nitrogens with one attached hydrogen (secondary N) is 2. The fourth-order valence-electron chi connectivity index (χ4n) is 2.65. The van der Waals surface area contributed by atoms with Crippen LogP contribution in [-0.2, 0) is 16.0 Å². The van der Waals surface area contributed by atoms with Crippen LogP contribution in [0, 0.1) is 0 Å². The molecule has 6 heteroatoms. The smallest absolute Gasteiger partial charge is 0.410 e. The zero-order valence-electron chi connectivity index (χ0n) is 13.9. The number of piperazine rings is 1. The highest BCUT2D eigenvalue weighted by molar-refractivity contribution is 5.91. The SMILES string of the molecule is CCOC(=O)N1CC[NH+](CC(=O)Nc2ccc(CC)cc2)CC1. The number of rotatable bonds is 5. The Morgan fingerprint density at radius 1 is 1.17 bits per heavy atom. The van der Waals surface area contributed by atoms with Gasteiger partial charge in [-0.25, -0.2) is 4.79 Å². The average Bonchev–Trinajstić information content (AvgIpc) is 2.56. The molecule has 2 amide bonds. The number of aryl methyl sites for hydroxylation is 1. The highest BCUT2D eigenvalue weighted by atomic mass is 16.6. The van der Waals surface area contributed by atoms with E-state index in [0.29, 0.717) is 26.2 Å². The molecular formula is C17H26N3O3+. The number of anilines is 1. The van der Waals surface area contributed by atoms with Crippen molar-refractivity contribution in [1.82, 2.24) is 4.90 Å². The minimum atomic E-state index is -0.257. The highest BCUT2D eigenvalue weighted by Gasteiger charge is 2.25. The average molecular weight is 320 g/mol. The van der Waals surface area contributed by atoms with E-state index < -0.39 is 0 Å². The van der Waals surface area contributed by atoms with Gasteiger partial charge < -0.3 is 15.0 Å². The lowest BCUT2D eigenvalue weighted by molar-refractivity contribution is -0.895. The number of carbonyl (C=O) groups excluding carboxylic acids is 2. The van der Waals surface area contributed by atoms with Gasteiger partial charge in [0.2, 0.25) is 0 Å². The maximum Gasteiger partial charge on any atom is 0.410 e. The molecule has 6 nitrogen and oxygen atoms in total. The lowest BCUT2D eigenvalue weighted by atomic mass is 10.1. The van der Waals surface area contributed by atoms with Crippen LogP contribution < -0.4 is 10.2 Å². The summed E-state index contributed by atoms with van der Waals surface area (Å²) < 4.78 is 4.99. The number of amides is 2. The van der Waals surface area contributed by atoms with Crippen molar-refractivity contribution in [2.75, 3.05) is 44.6 Å². The van der Waals surface area contributed by atoms with Gasteiger partial charge in [0.15, 0.2) is 6.54 Å². The fourth-order valence-corrected chi connectivity index (χ4v) is 2.65. The first-order valence-electron chi connectivity index (χ1n) is 8.26. The van der Waals surface area contributed by atoms with E-state index in [1.165, 1.54) is 10.5 Å². The molecule has 1 aromatic carbocycles. The number of carbonyl (C=O) groups is 2. The van der Waals surface area contributed by atoms with E-state index in [4.69, 9.17) is 4.74 Å². The second-order valence-corrected chi connectivity index (χ2v) is 5.71. The van der Waals surface area contributed by atoms with Crippen LogP contribution in [0.15, 0.2) is 24.3 Å². The highest BCUT2D eigenvalue weighted by Crippen LogP contribution is 2.09. The first-order chi connectivity index (χ1) is 11.1. The molecule has 0 saturated carbocycles. The quantitative estimate of drug-likeness (QED) is 0.833. The van der Waals surface area contributed by atoms with Crippen molar-refractivity contribution >= 4 is 17.7 Å². The van der Waals surface area contributed by atoms with E-state index in [0.717, 1.165) is 25.2 Å². The first-order valence-corrected chi connectivity index (χ1v) is 8.26. The van der Waals surface area contributed by atoms with Crippen LogP contribution in [0.3, 0.4) is 0 Å². The number of quaternary nitrogens is 1. The molecule has 1 heterocycles. The molecule has 2 N–H and O–H groups in total. The Morgan fingerprint density at radius 2 is 1.83 bits per heavy atom. The molecule has 0 aliphatic carbocycles. The van der Waals surface area contributed by atoms with Gasteiger partial charge in [-0.3, -0.25) is 9.69 Å². The summed E-state index contributed by atoms with van der Waals surface area (Å²) in [6.45, 7) is 7.52. The van der Waals surface area contributed by atoms with Crippen LogP contribution in [0.25, 0.3) is 0 Å². The van der Waals surface area contributed by atoms with Gasteiger partial charge in [0.25, 0.3) is 5.91 Å². The third kappa shape index (κ3) is 5.25. The molecule has 23 heavy (non-hydrogen) atoms. The Kier molecular flexibility index (Phi) is 6.40. The largest absolute Gasteiger partial charge is 0.450 e. The molecule has 0 radical (unpaired) electrons. The third-order valence-electron chi connectivity index (χ3n) is 4.05. The molecule has 2 rings (SSSR count). The predicted octanol–water partition coefficient (Wildman–Crippen LogP) is 0.545. The number of hydrogen-bond acceptors (Lipinski definition) is 3. The van der Waals surface area contributed by atoms with E-state index in [9.17, 15) is 9.59 Å². The van der Waals surface area contributed by atoms with Crippen LogP contribution in [0.2, 0.25) is 0 Å². The first kappa shape index (κ1) is 17.3. The standard InChI is InChI=1S/C17H25N3O3/c1-3-14-5-7-15(8-6-14)18-16(21)13-19-9-11-20(12-10-19)17(22)23-4-2/h5-8H,3-4,9-13H2,1-2H3,(H,18,21)/p+1. The van der Waals surface area contributed by atoms with Crippen LogP contribution in [0.4, 0.5) is 10.5 Å². The van der Waals surface area contributed by atoms with Crippen molar-refractivity contribution < 1.29 is 19.2 Å². The summed E-state index contributed by atoms with van der Waals surface area (Å²) in [6, 6.07) is 7.93. The molecule has 0 atom stereocenters. The summed E-state index contributed by atoms with van der Waals surface area (Å²) in [4.78, 5) is 26.6. The summed E-state index contributed by atoms with van der Waals surface area (Å²) in [6.07, 6.45) is 0.732. The molecule has 0 bridgehead atoms. The van der Waals surface area contributed by atoms with Gasteiger partial charge in [-0.15, -0.1) is 0 Å². The topological polar surface area (TPSA) is 63.1 Å². The van der Waals surface area contributed by atoms with Crippen molar-refractivity contribution in [3.63, 3.8) is 0 Å². The third-order valence-corrected chi connectivity index (χ3v) is 4.05. The molecule has 1 aromatic rings. The summed E-state index contributed by atoms with van der Waals surface area (Å²) in [7, 11) is 0. The van der Waals surface area contributed by atoms with E-state index in [-0.39, 0.29) is 12.0 Å². The normalized spacial score (nSPS) is 15.3. The van der Waals surface area contributed by atoms with Crippen LogP contribution >= 0.6 is 0 Å². The minimum Gasteiger partial charge on any atom is -0.450 e. The van der Waals surface area contributed by atoms with E-state index in [1.807, 2.05) is 24.3 Å². The van der Waals surface area contributed by atoms with Gasteiger partial charge in [0, 0.05) is 5.69 Å².